The van der Waals surface area contributed by atoms with Crippen LogP contribution in [0.5, 0.6) is 0 Å². The molecule has 0 unspecified atom stereocenters. The van der Waals surface area contributed by atoms with Gasteiger partial charge in [-0.25, -0.2) is 0 Å². The van der Waals surface area contributed by atoms with Crippen LogP contribution >= 0.6 is 0 Å². The maximum Gasteiger partial charge on any atom is 0.227 e. The summed E-state index contributed by atoms with van der Waals surface area (Å²) in [6, 6.07) is 2.10. The van der Waals surface area contributed by atoms with Gasteiger partial charge < -0.3 is 4.52 Å². The molecule has 0 amide bonds. The second kappa shape index (κ2) is 6.53. The van der Waals surface area contributed by atoms with Gasteiger partial charge in [-0.2, -0.15) is 10.2 Å². The molecule has 1 aliphatic carbocycles. The van der Waals surface area contributed by atoms with Crippen LogP contribution in [-0.4, -0.2) is 10.1 Å². The van der Waals surface area contributed by atoms with Gasteiger partial charge in [0.1, 0.15) is 0 Å². The third-order valence-corrected chi connectivity index (χ3v) is 3.84. The Morgan fingerprint density at radius 2 is 2.11 bits per heavy atom. The van der Waals surface area contributed by atoms with Gasteiger partial charge in [0.15, 0.2) is 5.82 Å². The average molecular weight is 247 g/mol. The van der Waals surface area contributed by atoms with Crippen molar-refractivity contribution in [3.8, 4) is 6.07 Å². The van der Waals surface area contributed by atoms with Crippen LogP contribution in [-0.2, 0) is 6.42 Å². The maximum atomic E-state index is 8.52. The fraction of sp³-hybridized carbons (Fsp3) is 0.786. The summed E-state index contributed by atoms with van der Waals surface area (Å²) in [7, 11) is 0. The molecule has 0 saturated heterocycles. The van der Waals surface area contributed by atoms with Gasteiger partial charge in [-0.05, 0) is 31.6 Å². The minimum atomic E-state index is 0.449. The van der Waals surface area contributed by atoms with Crippen molar-refractivity contribution in [2.24, 2.45) is 5.92 Å². The fourth-order valence-electron chi connectivity index (χ4n) is 2.82. The number of aromatic nitrogens is 2. The first-order valence-electron chi connectivity index (χ1n) is 7.03. The van der Waals surface area contributed by atoms with E-state index in [-0.39, 0.29) is 0 Å². The van der Waals surface area contributed by atoms with Crippen LogP contribution in [0.1, 0.15) is 69.5 Å². The second-order valence-electron chi connectivity index (χ2n) is 5.21. The Hall–Kier alpha value is -1.37. The van der Waals surface area contributed by atoms with E-state index in [4.69, 9.17) is 9.78 Å². The van der Waals surface area contributed by atoms with Crippen LogP contribution in [0.15, 0.2) is 4.52 Å². The van der Waals surface area contributed by atoms with Gasteiger partial charge in [-0.3, -0.25) is 0 Å². The SMILES string of the molecule is CCCC1CCC(c2noc(CCC#N)n2)CC1. The van der Waals surface area contributed by atoms with E-state index in [0.717, 1.165) is 11.7 Å². The molecule has 0 aliphatic heterocycles. The van der Waals surface area contributed by atoms with E-state index in [1.807, 2.05) is 0 Å². The van der Waals surface area contributed by atoms with Crippen molar-refractivity contribution in [2.75, 3.05) is 0 Å². The highest BCUT2D eigenvalue weighted by Gasteiger charge is 2.25. The smallest absolute Gasteiger partial charge is 0.227 e. The Bertz CT molecular complexity index is 399. The predicted molar refractivity (Wildman–Crippen MR) is 67.8 cm³/mol. The van der Waals surface area contributed by atoms with Gasteiger partial charge in [-0.15, -0.1) is 0 Å². The lowest BCUT2D eigenvalue weighted by Crippen LogP contribution is -2.14. The molecule has 1 heterocycles. The first kappa shape index (κ1) is 13.1. The van der Waals surface area contributed by atoms with Gasteiger partial charge in [0, 0.05) is 18.8 Å². The molecule has 1 aromatic rings. The van der Waals surface area contributed by atoms with Crippen LogP contribution in [0.25, 0.3) is 0 Å². The van der Waals surface area contributed by atoms with E-state index < -0.39 is 0 Å². The largest absolute Gasteiger partial charge is 0.339 e. The van der Waals surface area contributed by atoms with Crippen molar-refractivity contribution in [1.29, 1.82) is 5.26 Å². The zero-order chi connectivity index (χ0) is 12.8. The van der Waals surface area contributed by atoms with Gasteiger partial charge in [0.25, 0.3) is 0 Å². The van der Waals surface area contributed by atoms with Gasteiger partial charge in [0.05, 0.1) is 6.07 Å². The third kappa shape index (κ3) is 3.32. The van der Waals surface area contributed by atoms with Crippen LogP contribution in [0.3, 0.4) is 0 Å². The van der Waals surface area contributed by atoms with Crippen molar-refractivity contribution in [1.82, 2.24) is 10.1 Å². The number of aryl methyl sites for hydroxylation is 1. The highest BCUT2D eigenvalue weighted by atomic mass is 16.5. The molecular weight excluding hydrogens is 226 g/mol. The summed E-state index contributed by atoms with van der Waals surface area (Å²) in [6.07, 6.45) is 8.62. The molecule has 0 spiro atoms. The van der Waals surface area contributed by atoms with Crippen molar-refractivity contribution in [2.45, 2.75) is 64.2 Å². The summed E-state index contributed by atoms with van der Waals surface area (Å²) < 4.78 is 5.18. The number of nitrogens with zero attached hydrogens (tertiary/aromatic N) is 3. The lowest BCUT2D eigenvalue weighted by atomic mass is 9.80. The van der Waals surface area contributed by atoms with Crippen LogP contribution in [0.4, 0.5) is 0 Å². The monoisotopic (exact) mass is 247 g/mol. The first-order valence-corrected chi connectivity index (χ1v) is 7.03. The maximum absolute atomic E-state index is 8.52. The number of rotatable bonds is 5. The fourth-order valence-corrected chi connectivity index (χ4v) is 2.82. The molecule has 4 nitrogen and oxygen atoms in total. The summed E-state index contributed by atoms with van der Waals surface area (Å²) >= 11 is 0. The molecular formula is C14H21N3O. The lowest BCUT2D eigenvalue weighted by Gasteiger charge is -2.26. The Morgan fingerprint density at radius 1 is 1.33 bits per heavy atom. The summed E-state index contributed by atoms with van der Waals surface area (Å²) in [5.41, 5.74) is 0. The highest BCUT2D eigenvalue weighted by Crippen LogP contribution is 2.36. The molecule has 1 aliphatic rings. The summed E-state index contributed by atoms with van der Waals surface area (Å²) in [6.45, 7) is 2.26. The molecule has 1 saturated carbocycles. The van der Waals surface area contributed by atoms with E-state index in [2.05, 4.69) is 23.1 Å². The zero-order valence-corrected chi connectivity index (χ0v) is 11.1. The normalized spacial score (nSPS) is 23.8. The average Bonchev–Trinajstić information content (AvgIpc) is 2.86. The topological polar surface area (TPSA) is 62.7 Å². The van der Waals surface area contributed by atoms with Crippen molar-refractivity contribution < 1.29 is 4.52 Å². The summed E-state index contributed by atoms with van der Waals surface area (Å²) in [5, 5.41) is 12.6. The molecule has 98 valence electrons. The summed E-state index contributed by atoms with van der Waals surface area (Å²) in [4.78, 5) is 4.41. The highest BCUT2D eigenvalue weighted by molar-refractivity contribution is 4.98. The minimum absolute atomic E-state index is 0.449. The number of hydrogen-bond acceptors (Lipinski definition) is 4. The number of nitriles is 1. The second-order valence-corrected chi connectivity index (χ2v) is 5.21. The lowest BCUT2D eigenvalue weighted by molar-refractivity contribution is 0.295. The van der Waals surface area contributed by atoms with Crippen molar-refractivity contribution in [3.63, 3.8) is 0 Å². The van der Waals surface area contributed by atoms with Crippen LogP contribution in [0.2, 0.25) is 0 Å². The van der Waals surface area contributed by atoms with E-state index in [9.17, 15) is 0 Å². The predicted octanol–water partition coefficient (Wildman–Crippen LogP) is 3.60. The van der Waals surface area contributed by atoms with Gasteiger partial charge >= 0.3 is 0 Å². The first-order chi connectivity index (χ1) is 8.83. The van der Waals surface area contributed by atoms with Crippen molar-refractivity contribution >= 4 is 0 Å². The third-order valence-electron chi connectivity index (χ3n) is 3.84. The molecule has 1 fully saturated rings. The Labute approximate surface area is 108 Å². The van der Waals surface area contributed by atoms with Gasteiger partial charge in [-0.1, -0.05) is 24.9 Å². The van der Waals surface area contributed by atoms with E-state index in [1.165, 1.54) is 38.5 Å². The quantitative estimate of drug-likeness (QED) is 0.797. The zero-order valence-electron chi connectivity index (χ0n) is 11.1. The Balaban J connectivity index is 1.85. The molecule has 1 aromatic heterocycles. The van der Waals surface area contributed by atoms with E-state index in [1.54, 1.807) is 0 Å². The minimum Gasteiger partial charge on any atom is -0.339 e. The molecule has 0 radical (unpaired) electrons. The van der Waals surface area contributed by atoms with Crippen molar-refractivity contribution in [3.05, 3.63) is 11.7 Å². The summed E-state index contributed by atoms with van der Waals surface area (Å²) in [5.74, 6) is 2.84. The molecule has 2 rings (SSSR count). The molecule has 0 N–H and O–H groups in total. The van der Waals surface area contributed by atoms with E-state index >= 15 is 0 Å². The van der Waals surface area contributed by atoms with E-state index in [0.29, 0.717) is 24.7 Å². The Morgan fingerprint density at radius 3 is 2.78 bits per heavy atom. The van der Waals surface area contributed by atoms with Crippen LogP contribution < -0.4 is 0 Å². The van der Waals surface area contributed by atoms with Crippen LogP contribution in [0, 0.1) is 17.2 Å². The molecule has 0 bridgehead atoms. The molecule has 0 atom stereocenters. The van der Waals surface area contributed by atoms with Gasteiger partial charge in [0.2, 0.25) is 5.89 Å². The molecule has 4 heteroatoms. The number of hydrogen-bond donors (Lipinski definition) is 0. The Kier molecular flexibility index (Phi) is 4.74. The molecule has 18 heavy (non-hydrogen) atoms. The molecule has 0 aromatic carbocycles. The standard InChI is InChI=1S/C14H21N3O/c1-2-4-11-6-8-12(9-7-11)14-16-13(18-17-14)5-3-10-15/h11-12H,2-9H2,1H3.